The van der Waals surface area contributed by atoms with Gasteiger partial charge in [0.15, 0.2) is 0 Å². The Morgan fingerprint density at radius 2 is 1.92 bits per heavy atom. The lowest BCUT2D eigenvalue weighted by molar-refractivity contribution is -0.151. The summed E-state index contributed by atoms with van der Waals surface area (Å²) in [6.07, 6.45) is 3.97. The van der Waals surface area contributed by atoms with Gasteiger partial charge in [0, 0.05) is 6.04 Å². The van der Waals surface area contributed by atoms with Gasteiger partial charge in [-0.25, -0.2) is 4.79 Å². The van der Waals surface area contributed by atoms with Crippen LogP contribution in [-0.2, 0) is 19.1 Å². The average molecular weight is 368 g/mol. The molecule has 148 valence electrons. The number of amides is 1. The molecule has 5 atom stereocenters. The molecule has 7 heteroatoms. The molecule has 2 rings (SSSR count). The van der Waals surface area contributed by atoms with Crippen LogP contribution >= 0.6 is 0 Å². The summed E-state index contributed by atoms with van der Waals surface area (Å²) in [7, 11) is 0. The Bertz CT molecular complexity index is 536. The lowest BCUT2D eigenvalue weighted by atomic mass is 10.0. The molecular formula is C19H32N2O5. The molecule has 1 heterocycles. The van der Waals surface area contributed by atoms with E-state index in [4.69, 9.17) is 4.74 Å². The fourth-order valence-corrected chi connectivity index (χ4v) is 4.37. The number of ether oxygens (including phenoxy) is 1. The van der Waals surface area contributed by atoms with Crippen molar-refractivity contribution in [3.05, 3.63) is 0 Å². The Hall–Kier alpha value is -1.63. The van der Waals surface area contributed by atoms with Crippen LogP contribution in [0.2, 0.25) is 0 Å². The summed E-state index contributed by atoms with van der Waals surface area (Å²) in [5.74, 6) is -0.995. The van der Waals surface area contributed by atoms with Crippen LogP contribution in [0.4, 0.5) is 0 Å². The molecular weight excluding hydrogens is 336 g/mol. The number of carbonyl (C=O) groups excluding carboxylic acids is 2. The van der Waals surface area contributed by atoms with Crippen molar-refractivity contribution in [1.29, 1.82) is 0 Å². The van der Waals surface area contributed by atoms with Crippen molar-refractivity contribution in [2.24, 2.45) is 11.8 Å². The average Bonchev–Trinajstić information content (AvgIpc) is 3.13. The van der Waals surface area contributed by atoms with Crippen molar-refractivity contribution in [3.8, 4) is 0 Å². The standard InChI is InChI=1S/C19H32N2O5/c1-5-26-19(25)14(9-11(2)3)20-12(4)17(22)21-15-8-6-7-13(15)10-16(21)18(23)24/h11-16,20H,5-10H2,1-4H3,(H,23,24)/t12-,13-,14-,15-,16-/m0/s1. The predicted molar refractivity (Wildman–Crippen MR) is 96.5 cm³/mol. The Kier molecular flexibility index (Phi) is 7.03. The Morgan fingerprint density at radius 3 is 2.50 bits per heavy atom. The number of rotatable bonds is 8. The first-order valence-electron chi connectivity index (χ1n) is 9.73. The van der Waals surface area contributed by atoms with Gasteiger partial charge < -0.3 is 14.7 Å². The highest BCUT2D eigenvalue weighted by atomic mass is 16.5. The second-order valence-corrected chi connectivity index (χ2v) is 7.92. The number of hydrogen-bond acceptors (Lipinski definition) is 5. The number of esters is 1. The summed E-state index contributed by atoms with van der Waals surface area (Å²) in [6, 6.07) is -1.95. The van der Waals surface area contributed by atoms with Gasteiger partial charge in [-0.05, 0) is 51.4 Å². The van der Waals surface area contributed by atoms with E-state index in [0.29, 0.717) is 12.8 Å². The van der Waals surface area contributed by atoms with Gasteiger partial charge in [0.05, 0.1) is 12.6 Å². The Morgan fingerprint density at radius 1 is 1.23 bits per heavy atom. The van der Waals surface area contributed by atoms with Crippen molar-refractivity contribution in [1.82, 2.24) is 10.2 Å². The molecule has 2 N–H and O–H groups in total. The number of nitrogens with one attached hydrogen (secondary N) is 1. The molecule has 0 bridgehead atoms. The lowest BCUT2D eigenvalue weighted by Crippen LogP contribution is -2.55. The minimum Gasteiger partial charge on any atom is -0.480 e. The maximum absolute atomic E-state index is 13.1. The van der Waals surface area contributed by atoms with Crippen molar-refractivity contribution in [2.45, 2.75) is 84.0 Å². The number of nitrogens with zero attached hydrogens (tertiary/aromatic N) is 1. The van der Waals surface area contributed by atoms with E-state index in [1.54, 1.807) is 18.7 Å². The largest absolute Gasteiger partial charge is 0.480 e. The van der Waals surface area contributed by atoms with Crippen LogP contribution < -0.4 is 5.32 Å². The molecule has 0 unspecified atom stereocenters. The van der Waals surface area contributed by atoms with Gasteiger partial charge in [0.25, 0.3) is 0 Å². The molecule has 26 heavy (non-hydrogen) atoms. The van der Waals surface area contributed by atoms with Gasteiger partial charge in [-0.1, -0.05) is 20.3 Å². The predicted octanol–water partition coefficient (Wildman–Crippen LogP) is 1.80. The fourth-order valence-electron chi connectivity index (χ4n) is 4.37. The van der Waals surface area contributed by atoms with Gasteiger partial charge in [0.1, 0.15) is 12.1 Å². The number of hydrogen-bond donors (Lipinski definition) is 2. The first-order valence-corrected chi connectivity index (χ1v) is 9.73. The molecule has 1 amide bonds. The minimum atomic E-state index is -0.941. The number of carbonyl (C=O) groups is 3. The molecule has 1 aliphatic carbocycles. The molecule has 1 saturated carbocycles. The summed E-state index contributed by atoms with van der Waals surface area (Å²) in [6.45, 7) is 7.75. The fraction of sp³-hybridized carbons (Fsp3) is 0.842. The van der Waals surface area contributed by atoms with Crippen molar-refractivity contribution < 1.29 is 24.2 Å². The third-order valence-electron chi connectivity index (χ3n) is 5.48. The minimum absolute atomic E-state index is 0.0130. The lowest BCUT2D eigenvalue weighted by Gasteiger charge is -2.32. The SMILES string of the molecule is CCOC(=O)[C@H](CC(C)C)N[C@@H](C)C(=O)N1[C@H](C(=O)O)C[C@@H]2CCC[C@@H]21. The van der Waals surface area contributed by atoms with E-state index >= 15 is 0 Å². The quantitative estimate of drug-likeness (QED) is 0.634. The van der Waals surface area contributed by atoms with Crippen LogP contribution in [0.15, 0.2) is 0 Å². The molecule has 1 saturated heterocycles. The Labute approximate surface area is 155 Å². The van der Waals surface area contributed by atoms with Gasteiger partial charge in [-0.15, -0.1) is 0 Å². The maximum atomic E-state index is 13.1. The third-order valence-corrected chi connectivity index (χ3v) is 5.48. The van der Waals surface area contributed by atoms with E-state index in [0.717, 1.165) is 19.3 Å². The van der Waals surface area contributed by atoms with E-state index in [1.165, 1.54) is 0 Å². The van der Waals surface area contributed by atoms with E-state index in [1.807, 2.05) is 13.8 Å². The summed E-state index contributed by atoms with van der Waals surface area (Å²) in [5.41, 5.74) is 0. The van der Waals surface area contributed by atoms with E-state index < -0.39 is 24.1 Å². The monoisotopic (exact) mass is 368 g/mol. The topological polar surface area (TPSA) is 95.9 Å². The van der Waals surface area contributed by atoms with Gasteiger partial charge in [-0.3, -0.25) is 14.9 Å². The molecule has 0 aromatic rings. The van der Waals surface area contributed by atoms with Crippen LogP contribution in [0.5, 0.6) is 0 Å². The zero-order valence-corrected chi connectivity index (χ0v) is 16.2. The summed E-state index contributed by atoms with van der Waals surface area (Å²) >= 11 is 0. The molecule has 0 radical (unpaired) electrons. The zero-order chi connectivity index (χ0) is 19.4. The highest BCUT2D eigenvalue weighted by Gasteiger charge is 2.49. The van der Waals surface area contributed by atoms with Crippen molar-refractivity contribution >= 4 is 17.8 Å². The van der Waals surface area contributed by atoms with Crippen molar-refractivity contribution in [3.63, 3.8) is 0 Å². The van der Waals surface area contributed by atoms with Crippen LogP contribution in [-0.4, -0.2) is 58.6 Å². The van der Waals surface area contributed by atoms with Crippen molar-refractivity contribution in [2.75, 3.05) is 6.61 Å². The van der Waals surface area contributed by atoms with E-state index in [9.17, 15) is 19.5 Å². The molecule has 0 aromatic heterocycles. The summed E-state index contributed by atoms with van der Waals surface area (Å²) in [4.78, 5) is 38.5. The first-order chi connectivity index (χ1) is 12.3. The third kappa shape index (κ3) is 4.55. The number of carboxylic acid groups (broad SMARTS) is 1. The van der Waals surface area contributed by atoms with Crippen LogP contribution in [0.25, 0.3) is 0 Å². The molecule has 7 nitrogen and oxygen atoms in total. The van der Waals surface area contributed by atoms with E-state index in [2.05, 4.69) is 5.32 Å². The molecule has 2 aliphatic rings. The summed E-state index contributed by atoms with van der Waals surface area (Å²) < 4.78 is 5.12. The smallest absolute Gasteiger partial charge is 0.326 e. The van der Waals surface area contributed by atoms with Gasteiger partial charge >= 0.3 is 11.9 Å². The second-order valence-electron chi connectivity index (χ2n) is 7.92. The summed E-state index contributed by atoms with van der Waals surface area (Å²) in [5, 5.41) is 12.6. The maximum Gasteiger partial charge on any atom is 0.326 e. The van der Waals surface area contributed by atoms with Gasteiger partial charge in [0.2, 0.25) is 5.91 Å². The van der Waals surface area contributed by atoms with Gasteiger partial charge in [-0.2, -0.15) is 0 Å². The molecule has 0 spiro atoms. The second kappa shape index (κ2) is 8.84. The van der Waals surface area contributed by atoms with Crippen LogP contribution in [0, 0.1) is 11.8 Å². The van der Waals surface area contributed by atoms with Crippen LogP contribution in [0.3, 0.4) is 0 Å². The Balaban J connectivity index is 2.10. The van der Waals surface area contributed by atoms with Crippen LogP contribution in [0.1, 0.15) is 59.8 Å². The highest BCUT2D eigenvalue weighted by Crippen LogP contribution is 2.41. The zero-order valence-electron chi connectivity index (χ0n) is 16.2. The number of aliphatic carboxylic acids is 1. The molecule has 1 aliphatic heterocycles. The number of carboxylic acids is 1. The molecule has 2 fully saturated rings. The highest BCUT2D eigenvalue weighted by molar-refractivity contribution is 5.88. The van der Waals surface area contributed by atoms with E-state index in [-0.39, 0.29) is 36.4 Å². The normalized spacial score (nSPS) is 27.3. The number of fused-ring (bicyclic) bond motifs is 1. The first kappa shape index (κ1) is 20.7. The molecule has 0 aromatic carbocycles. The number of likely N-dealkylation sites (tertiary alicyclic amines) is 1.